The molecule has 1 aliphatic heterocycles. The molecule has 3 heteroatoms. The van der Waals surface area contributed by atoms with Crippen LogP contribution in [0.2, 0.25) is 0 Å². The van der Waals surface area contributed by atoms with Crippen LogP contribution in [0.3, 0.4) is 0 Å². The molecule has 0 aromatic heterocycles. The normalized spacial score (nSPS) is 36.5. The molecule has 2 aliphatic carbocycles. The maximum absolute atomic E-state index is 12.5. The maximum Gasteiger partial charge on any atom is 0.237 e. The SMILES string of the molecule is O=C(NC1CCCCCCC1)C1NCC2CCCC21. The number of hydrogen-bond acceptors (Lipinski definition) is 2. The molecule has 0 spiro atoms. The third-order valence-corrected chi connectivity index (χ3v) is 5.48. The highest BCUT2D eigenvalue weighted by atomic mass is 16.2. The van der Waals surface area contributed by atoms with Crippen molar-refractivity contribution in [3.8, 4) is 0 Å². The van der Waals surface area contributed by atoms with E-state index in [1.807, 2.05) is 0 Å². The Morgan fingerprint density at radius 3 is 2.42 bits per heavy atom. The fraction of sp³-hybridized carbons (Fsp3) is 0.938. The van der Waals surface area contributed by atoms with E-state index in [1.165, 1.54) is 64.2 Å². The molecule has 19 heavy (non-hydrogen) atoms. The standard InChI is InChI=1S/C16H28N2O/c19-16(15-14-10-6-7-12(14)11-17-15)18-13-8-4-2-1-3-5-9-13/h12-15,17H,1-11H2,(H,18,19). The summed E-state index contributed by atoms with van der Waals surface area (Å²) in [5, 5.41) is 6.80. The Balaban J connectivity index is 1.52. The highest BCUT2D eigenvalue weighted by Crippen LogP contribution is 2.37. The van der Waals surface area contributed by atoms with Gasteiger partial charge in [-0.1, -0.05) is 38.5 Å². The van der Waals surface area contributed by atoms with Gasteiger partial charge in [0.2, 0.25) is 5.91 Å². The van der Waals surface area contributed by atoms with Crippen LogP contribution >= 0.6 is 0 Å². The summed E-state index contributed by atoms with van der Waals surface area (Å²) in [7, 11) is 0. The van der Waals surface area contributed by atoms with Crippen LogP contribution in [0.4, 0.5) is 0 Å². The van der Waals surface area contributed by atoms with E-state index in [0.717, 1.165) is 12.5 Å². The Hall–Kier alpha value is -0.570. The van der Waals surface area contributed by atoms with Gasteiger partial charge in [0, 0.05) is 6.04 Å². The molecule has 1 saturated heterocycles. The molecule has 3 atom stereocenters. The largest absolute Gasteiger partial charge is 0.352 e. The van der Waals surface area contributed by atoms with Crippen molar-refractivity contribution in [2.24, 2.45) is 11.8 Å². The second-order valence-corrected chi connectivity index (χ2v) is 6.79. The van der Waals surface area contributed by atoms with Gasteiger partial charge in [-0.3, -0.25) is 4.79 Å². The van der Waals surface area contributed by atoms with Gasteiger partial charge >= 0.3 is 0 Å². The van der Waals surface area contributed by atoms with Crippen LogP contribution < -0.4 is 10.6 Å². The zero-order chi connectivity index (χ0) is 13.1. The first-order valence-corrected chi connectivity index (χ1v) is 8.38. The minimum Gasteiger partial charge on any atom is -0.352 e. The lowest BCUT2D eigenvalue weighted by molar-refractivity contribution is -0.124. The van der Waals surface area contributed by atoms with Gasteiger partial charge in [-0.05, 0) is 44.1 Å². The van der Waals surface area contributed by atoms with Gasteiger partial charge in [-0.2, -0.15) is 0 Å². The van der Waals surface area contributed by atoms with Gasteiger partial charge in [-0.15, -0.1) is 0 Å². The Bertz CT molecular complexity index is 310. The van der Waals surface area contributed by atoms with Crippen molar-refractivity contribution in [1.29, 1.82) is 0 Å². The molecule has 108 valence electrons. The third-order valence-electron chi connectivity index (χ3n) is 5.48. The van der Waals surface area contributed by atoms with Crippen LogP contribution in [-0.4, -0.2) is 24.5 Å². The topological polar surface area (TPSA) is 41.1 Å². The Morgan fingerprint density at radius 2 is 1.63 bits per heavy atom. The summed E-state index contributed by atoms with van der Waals surface area (Å²) in [4.78, 5) is 12.5. The summed E-state index contributed by atoms with van der Waals surface area (Å²) < 4.78 is 0. The van der Waals surface area contributed by atoms with E-state index in [9.17, 15) is 4.79 Å². The predicted molar refractivity (Wildman–Crippen MR) is 76.9 cm³/mol. The first-order valence-electron chi connectivity index (χ1n) is 8.38. The van der Waals surface area contributed by atoms with E-state index in [0.29, 0.717) is 17.9 Å². The molecule has 3 fully saturated rings. The third kappa shape index (κ3) is 3.13. The second-order valence-electron chi connectivity index (χ2n) is 6.79. The highest BCUT2D eigenvalue weighted by molar-refractivity contribution is 5.82. The van der Waals surface area contributed by atoms with E-state index in [2.05, 4.69) is 10.6 Å². The quantitative estimate of drug-likeness (QED) is 0.805. The van der Waals surface area contributed by atoms with E-state index in [-0.39, 0.29) is 6.04 Å². The molecular formula is C16H28N2O. The number of amides is 1. The molecule has 3 nitrogen and oxygen atoms in total. The zero-order valence-corrected chi connectivity index (χ0v) is 12.0. The first kappa shape index (κ1) is 13.4. The van der Waals surface area contributed by atoms with Gasteiger partial charge in [0.1, 0.15) is 0 Å². The average molecular weight is 264 g/mol. The van der Waals surface area contributed by atoms with Crippen LogP contribution in [0.15, 0.2) is 0 Å². The molecule has 1 amide bonds. The lowest BCUT2D eigenvalue weighted by atomic mass is 9.92. The highest BCUT2D eigenvalue weighted by Gasteiger charge is 2.42. The monoisotopic (exact) mass is 264 g/mol. The molecule has 0 aromatic carbocycles. The Labute approximate surface area is 116 Å². The number of rotatable bonds is 2. The zero-order valence-electron chi connectivity index (χ0n) is 12.0. The van der Waals surface area contributed by atoms with Gasteiger partial charge in [0.15, 0.2) is 0 Å². The lowest BCUT2D eigenvalue weighted by Crippen LogP contribution is -2.47. The van der Waals surface area contributed by atoms with E-state index >= 15 is 0 Å². The number of carbonyl (C=O) groups is 1. The molecule has 0 aromatic rings. The van der Waals surface area contributed by atoms with Crippen LogP contribution in [-0.2, 0) is 4.79 Å². The summed E-state index contributed by atoms with van der Waals surface area (Å²) in [6, 6.07) is 0.549. The van der Waals surface area contributed by atoms with Crippen LogP contribution in [0.25, 0.3) is 0 Å². The molecule has 0 bridgehead atoms. The van der Waals surface area contributed by atoms with Crippen molar-refractivity contribution in [1.82, 2.24) is 10.6 Å². The van der Waals surface area contributed by atoms with Gasteiger partial charge in [0.25, 0.3) is 0 Å². The Kier molecular flexibility index (Phi) is 4.42. The summed E-state index contributed by atoms with van der Waals surface area (Å²) in [5.41, 5.74) is 0. The maximum atomic E-state index is 12.5. The van der Waals surface area contributed by atoms with Crippen molar-refractivity contribution in [3.05, 3.63) is 0 Å². The van der Waals surface area contributed by atoms with Crippen molar-refractivity contribution in [2.45, 2.75) is 76.3 Å². The Morgan fingerprint density at radius 1 is 0.895 bits per heavy atom. The number of hydrogen-bond donors (Lipinski definition) is 2. The van der Waals surface area contributed by atoms with Crippen molar-refractivity contribution in [2.75, 3.05) is 6.54 Å². The lowest BCUT2D eigenvalue weighted by Gasteiger charge is -2.24. The van der Waals surface area contributed by atoms with Crippen LogP contribution in [0.5, 0.6) is 0 Å². The molecular weight excluding hydrogens is 236 g/mol. The molecule has 2 saturated carbocycles. The molecule has 2 N–H and O–H groups in total. The van der Waals surface area contributed by atoms with Crippen molar-refractivity contribution in [3.63, 3.8) is 0 Å². The van der Waals surface area contributed by atoms with E-state index < -0.39 is 0 Å². The molecule has 3 aliphatic rings. The van der Waals surface area contributed by atoms with Crippen LogP contribution in [0.1, 0.15) is 64.2 Å². The number of nitrogens with one attached hydrogen (secondary N) is 2. The van der Waals surface area contributed by atoms with E-state index in [1.54, 1.807) is 0 Å². The molecule has 0 radical (unpaired) electrons. The number of fused-ring (bicyclic) bond motifs is 1. The fourth-order valence-corrected chi connectivity index (χ4v) is 4.37. The summed E-state index contributed by atoms with van der Waals surface area (Å²) >= 11 is 0. The van der Waals surface area contributed by atoms with Gasteiger partial charge in [-0.25, -0.2) is 0 Å². The molecule has 3 rings (SSSR count). The fourth-order valence-electron chi connectivity index (χ4n) is 4.37. The summed E-state index contributed by atoms with van der Waals surface area (Å²) in [5.74, 6) is 1.68. The molecule has 1 heterocycles. The molecule has 3 unspecified atom stereocenters. The summed E-state index contributed by atoms with van der Waals surface area (Å²) in [6.07, 6.45) is 12.9. The van der Waals surface area contributed by atoms with Gasteiger partial charge in [0.05, 0.1) is 6.04 Å². The average Bonchev–Trinajstić information content (AvgIpc) is 2.93. The minimum atomic E-state index is 0.109. The first-order chi connectivity index (χ1) is 9.34. The minimum absolute atomic E-state index is 0.109. The second kappa shape index (κ2) is 6.25. The van der Waals surface area contributed by atoms with Crippen molar-refractivity contribution >= 4 is 5.91 Å². The van der Waals surface area contributed by atoms with Crippen LogP contribution in [0, 0.1) is 11.8 Å². The summed E-state index contributed by atoms with van der Waals surface area (Å²) in [6.45, 7) is 1.06. The number of carbonyl (C=O) groups excluding carboxylic acids is 1. The van der Waals surface area contributed by atoms with Gasteiger partial charge < -0.3 is 10.6 Å². The smallest absolute Gasteiger partial charge is 0.237 e. The predicted octanol–water partition coefficient (Wildman–Crippen LogP) is 2.60. The van der Waals surface area contributed by atoms with Crippen molar-refractivity contribution < 1.29 is 4.79 Å². The van der Waals surface area contributed by atoms with E-state index in [4.69, 9.17) is 0 Å².